The number of methoxy groups -OCH3 is 1. The Morgan fingerprint density at radius 3 is 2.52 bits per heavy atom. The van der Waals surface area contributed by atoms with Crippen molar-refractivity contribution < 1.29 is 14.3 Å². The molecular weight excluding hydrogens is 314 g/mol. The van der Waals surface area contributed by atoms with E-state index >= 15 is 0 Å². The number of hydrogen-bond acceptors (Lipinski definition) is 3. The fraction of sp³-hybridized carbons (Fsp3) is 0.143. The lowest BCUT2D eigenvalue weighted by Gasteiger charge is -2.12. The van der Waals surface area contributed by atoms with Crippen molar-refractivity contribution >= 4 is 28.2 Å². The maximum Gasteiger partial charge on any atom is 0.228 e. The Morgan fingerprint density at radius 2 is 1.76 bits per heavy atom. The Bertz CT molecular complexity index is 942. The predicted molar refractivity (Wildman–Crippen MR) is 99.3 cm³/mol. The number of carbonyl (C=O) groups excluding carboxylic acids is 2. The second-order valence-corrected chi connectivity index (χ2v) is 5.83. The maximum atomic E-state index is 12.5. The zero-order chi connectivity index (χ0) is 17.8. The number of ketones is 1. The monoisotopic (exact) mass is 333 g/mol. The van der Waals surface area contributed by atoms with Crippen LogP contribution < -0.4 is 10.1 Å². The lowest BCUT2D eigenvalue weighted by molar-refractivity contribution is -0.115. The van der Waals surface area contributed by atoms with E-state index in [1.807, 2.05) is 42.5 Å². The molecule has 0 saturated heterocycles. The first-order valence-electron chi connectivity index (χ1n) is 8.04. The van der Waals surface area contributed by atoms with Crippen molar-refractivity contribution in [1.29, 1.82) is 0 Å². The summed E-state index contributed by atoms with van der Waals surface area (Å²) in [6, 6.07) is 18.8. The number of hydrogen-bond donors (Lipinski definition) is 1. The van der Waals surface area contributed by atoms with Gasteiger partial charge in [0, 0.05) is 22.2 Å². The quantitative estimate of drug-likeness (QED) is 0.711. The minimum absolute atomic E-state index is 0.0432. The highest BCUT2D eigenvalue weighted by molar-refractivity contribution is 6.03. The number of carbonyl (C=O) groups is 2. The Morgan fingerprint density at radius 1 is 1.00 bits per heavy atom. The molecule has 126 valence electrons. The summed E-state index contributed by atoms with van der Waals surface area (Å²) < 4.78 is 5.31. The summed E-state index contributed by atoms with van der Waals surface area (Å²) >= 11 is 0. The number of benzene rings is 3. The van der Waals surface area contributed by atoms with E-state index in [2.05, 4.69) is 5.32 Å². The minimum atomic E-state index is -0.157. The highest BCUT2D eigenvalue weighted by Crippen LogP contribution is 2.25. The fourth-order valence-corrected chi connectivity index (χ4v) is 2.84. The third kappa shape index (κ3) is 3.69. The Labute approximate surface area is 146 Å². The average molecular weight is 333 g/mol. The molecule has 3 aromatic rings. The van der Waals surface area contributed by atoms with E-state index in [4.69, 9.17) is 4.74 Å². The molecule has 0 bridgehead atoms. The van der Waals surface area contributed by atoms with Crippen LogP contribution in [0.25, 0.3) is 10.8 Å². The van der Waals surface area contributed by atoms with Crippen LogP contribution in [-0.4, -0.2) is 18.8 Å². The molecule has 3 rings (SSSR count). The van der Waals surface area contributed by atoms with Crippen LogP contribution >= 0.6 is 0 Å². The molecule has 3 aromatic carbocycles. The number of Topliss-reactive ketones (excluding diaryl/α,β-unsaturated/α-hetero) is 1. The van der Waals surface area contributed by atoms with Gasteiger partial charge in [-0.2, -0.15) is 0 Å². The van der Waals surface area contributed by atoms with Crippen LogP contribution in [0.15, 0.2) is 60.7 Å². The van der Waals surface area contributed by atoms with Gasteiger partial charge in [0.25, 0.3) is 0 Å². The van der Waals surface area contributed by atoms with Gasteiger partial charge in [-0.05, 0) is 36.6 Å². The SMILES string of the molecule is COc1ccc(C(C)=O)cc1CC(=O)Nc1cccc2ccccc12. The third-order valence-corrected chi connectivity index (χ3v) is 4.10. The van der Waals surface area contributed by atoms with Crippen LogP contribution in [-0.2, 0) is 11.2 Å². The molecule has 0 aromatic heterocycles. The van der Waals surface area contributed by atoms with Gasteiger partial charge in [-0.15, -0.1) is 0 Å². The molecule has 0 atom stereocenters. The first-order valence-corrected chi connectivity index (χ1v) is 8.04. The molecule has 1 N–H and O–H groups in total. The van der Waals surface area contributed by atoms with E-state index in [-0.39, 0.29) is 18.1 Å². The van der Waals surface area contributed by atoms with Crippen LogP contribution in [0.3, 0.4) is 0 Å². The van der Waals surface area contributed by atoms with Crippen LogP contribution in [0, 0.1) is 0 Å². The molecule has 4 heteroatoms. The second-order valence-electron chi connectivity index (χ2n) is 5.83. The van der Waals surface area contributed by atoms with Crippen molar-refractivity contribution in [2.45, 2.75) is 13.3 Å². The summed E-state index contributed by atoms with van der Waals surface area (Å²) in [6.45, 7) is 1.50. The molecule has 0 fully saturated rings. The average Bonchev–Trinajstić information content (AvgIpc) is 2.62. The number of rotatable bonds is 5. The van der Waals surface area contributed by atoms with Gasteiger partial charge in [0.1, 0.15) is 5.75 Å². The van der Waals surface area contributed by atoms with E-state index < -0.39 is 0 Å². The van der Waals surface area contributed by atoms with Gasteiger partial charge < -0.3 is 10.1 Å². The van der Waals surface area contributed by atoms with E-state index in [1.54, 1.807) is 25.3 Å². The number of nitrogens with one attached hydrogen (secondary N) is 1. The van der Waals surface area contributed by atoms with Gasteiger partial charge in [-0.25, -0.2) is 0 Å². The predicted octanol–water partition coefficient (Wildman–Crippen LogP) is 4.23. The summed E-state index contributed by atoms with van der Waals surface area (Å²) in [7, 11) is 1.55. The zero-order valence-electron chi connectivity index (χ0n) is 14.2. The Balaban J connectivity index is 1.85. The van der Waals surface area contributed by atoms with Crippen LogP contribution in [0.2, 0.25) is 0 Å². The molecule has 4 nitrogen and oxygen atoms in total. The van der Waals surface area contributed by atoms with Crippen molar-refractivity contribution in [2.24, 2.45) is 0 Å². The van der Waals surface area contributed by atoms with E-state index in [0.29, 0.717) is 16.9 Å². The van der Waals surface area contributed by atoms with E-state index in [9.17, 15) is 9.59 Å². The molecule has 0 unspecified atom stereocenters. The molecule has 0 heterocycles. The molecule has 1 amide bonds. The molecule has 0 saturated carbocycles. The van der Waals surface area contributed by atoms with Gasteiger partial charge >= 0.3 is 0 Å². The normalized spacial score (nSPS) is 10.5. The van der Waals surface area contributed by atoms with Gasteiger partial charge in [0.15, 0.2) is 5.78 Å². The summed E-state index contributed by atoms with van der Waals surface area (Å²) in [4.78, 5) is 24.1. The molecule has 0 spiro atoms. The van der Waals surface area contributed by atoms with Crippen LogP contribution in [0.4, 0.5) is 5.69 Å². The van der Waals surface area contributed by atoms with Gasteiger partial charge in [-0.3, -0.25) is 9.59 Å². The number of anilines is 1. The molecule has 0 aliphatic carbocycles. The molecule has 0 aliphatic rings. The van der Waals surface area contributed by atoms with Crippen molar-refractivity contribution in [1.82, 2.24) is 0 Å². The van der Waals surface area contributed by atoms with Crippen molar-refractivity contribution in [3.05, 3.63) is 71.8 Å². The van der Waals surface area contributed by atoms with Crippen LogP contribution in [0.1, 0.15) is 22.8 Å². The largest absolute Gasteiger partial charge is 0.496 e. The zero-order valence-corrected chi connectivity index (χ0v) is 14.2. The lowest BCUT2D eigenvalue weighted by Crippen LogP contribution is -2.15. The highest BCUT2D eigenvalue weighted by Gasteiger charge is 2.12. The third-order valence-electron chi connectivity index (χ3n) is 4.10. The first kappa shape index (κ1) is 16.7. The maximum absolute atomic E-state index is 12.5. The van der Waals surface area contributed by atoms with Crippen molar-refractivity contribution in [2.75, 3.05) is 12.4 Å². The highest BCUT2D eigenvalue weighted by atomic mass is 16.5. The fourth-order valence-electron chi connectivity index (χ4n) is 2.84. The summed E-state index contributed by atoms with van der Waals surface area (Å²) in [5.74, 6) is 0.395. The minimum Gasteiger partial charge on any atom is -0.496 e. The van der Waals surface area contributed by atoms with Crippen molar-refractivity contribution in [3.8, 4) is 5.75 Å². The molecule has 0 radical (unpaired) electrons. The van der Waals surface area contributed by atoms with Gasteiger partial charge in [-0.1, -0.05) is 36.4 Å². The lowest BCUT2D eigenvalue weighted by atomic mass is 10.0. The smallest absolute Gasteiger partial charge is 0.228 e. The Hall–Kier alpha value is -3.14. The molecule has 25 heavy (non-hydrogen) atoms. The summed E-state index contributed by atoms with van der Waals surface area (Å²) in [6.07, 6.45) is 0.132. The summed E-state index contributed by atoms with van der Waals surface area (Å²) in [5, 5.41) is 5.01. The van der Waals surface area contributed by atoms with Gasteiger partial charge in [0.2, 0.25) is 5.91 Å². The number of ether oxygens (including phenoxy) is 1. The molecule has 0 aliphatic heterocycles. The van der Waals surface area contributed by atoms with E-state index in [1.165, 1.54) is 6.92 Å². The van der Waals surface area contributed by atoms with Crippen molar-refractivity contribution in [3.63, 3.8) is 0 Å². The van der Waals surface area contributed by atoms with Gasteiger partial charge in [0.05, 0.1) is 13.5 Å². The summed E-state index contributed by atoms with van der Waals surface area (Å²) in [5.41, 5.74) is 2.02. The topological polar surface area (TPSA) is 55.4 Å². The number of fused-ring (bicyclic) bond motifs is 1. The van der Waals surface area contributed by atoms with E-state index in [0.717, 1.165) is 16.5 Å². The first-order chi connectivity index (χ1) is 12.1. The van der Waals surface area contributed by atoms with Crippen LogP contribution in [0.5, 0.6) is 5.75 Å². The molecular formula is C21H19NO3. The number of amides is 1. The standard InChI is InChI=1S/C21H19NO3/c1-14(23)16-10-11-20(25-2)17(12-16)13-21(24)22-19-9-5-7-15-6-3-4-8-18(15)19/h3-12H,13H2,1-2H3,(H,22,24). The Kier molecular flexibility index (Phi) is 4.80. The second kappa shape index (κ2) is 7.18.